The van der Waals surface area contributed by atoms with Crippen molar-refractivity contribution in [1.29, 1.82) is 0 Å². The number of nitrogens with one attached hydrogen (secondary N) is 2. The third-order valence-electron chi connectivity index (χ3n) is 12.8. The van der Waals surface area contributed by atoms with Gasteiger partial charge in [-0.25, -0.2) is 9.97 Å². The molecular weight excluding hydrogens is 775 g/mol. The molecule has 4 aliphatic rings. The normalized spacial score (nSPS) is 20.5. The zero-order valence-corrected chi connectivity index (χ0v) is 36.1. The smallest absolute Gasteiger partial charge is 0.262 e. The number of rotatable bonds is 15. The zero-order valence-electron chi connectivity index (χ0n) is 36.1. The monoisotopic (exact) mass is 833 g/mol. The van der Waals surface area contributed by atoms with E-state index in [1.807, 2.05) is 44.2 Å². The van der Waals surface area contributed by atoms with Gasteiger partial charge < -0.3 is 24.3 Å². The molecule has 324 valence electrons. The van der Waals surface area contributed by atoms with Crippen molar-refractivity contribution in [3.05, 3.63) is 59.9 Å². The number of imide groups is 2. The number of hydrogen-bond donors (Lipinski definition) is 2. The Morgan fingerprint density at radius 2 is 1.69 bits per heavy atom. The van der Waals surface area contributed by atoms with Gasteiger partial charge in [0.05, 0.1) is 28.4 Å². The van der Waals surface area contributed by atoms with Crippen LogP contribution in [-0.4, -0.2) is 161 Å². The standard InChI is InChI=1S/C45H59N11O5/c1-6-52(27-31-13-15-54(16-14-31)32-7-9-34-35(23-32)45(60)56(44(34)59)39-11-12-41(57)48-43(39)58)19-17-51(5)18-20-53-21-22-55(26-30(53)4)40-25-38(46-28-47-40)42-36-24-33(61-29(2)3)8-10-37(36)49-50-42/h7-10,23-25,28-31,39H,6,11-22,26-27H2,1-5H3,(H,49,50)(H,48,57,58)/t30-,39?/m0/s1. The lowest BCUT2D eigenvalue weighted by Gasteiger charge is -2.41. The van der Waals surface area contributed by atoms with Crippen molar-refractivity contribution in [2.75, 3.05) is 88.8 Å². The second kappa shape index (κ2) is 18.3. The second-order valence-corrected chi connectivity index (χ2v) is 17.3. The van der Waals surface area contributed by atoms with E-state index >= 15 is 0 Å². The van der Waals surface area contributed by atoms with Crippen molar-refractivity contribution in [3.8, 4) is 17.1 Å². The Kier molecular flexibility index (Phi) is 12.6. The number of H-pyrrole nitrogens is 1. The summed E-state index contributed by atoms with van der Waals surface area (Å²) in [5.41, 5.74) is 4.09. The van der Waals surface area contributed by atoms with Crippen LogP contribution in [0.15, 0.2) is 48.8 Å². The summed E-state index contributed by atoms with van der Waals surface area (Å²) < 4.78 is 5.94. The van der Waals surface area contributed by atoms with Gasteiger partial charge in [0.2, 0.25) is 11.8 Å². The Hall–Kier alpha value is -5.45. The lowest BCUT2D eigenvalue weighted by Crippen LogP contribution is -2.54. The average molecular weight is 834 g/mol. The number of benzene rings is 2. The van der Waals surface area contributed by atoms with Crippen molar-refractivity contribution < 1.29 is 23.9 Å². The first-order chi connectivity index (χ1) is 29.4. The number of nitrogens with zero attached hydrogens (tertiary/aromatic N) is 9. The fourth-order valence-corrected chi connectivity index (χ4v) is 9.22. The van der Waals surface area contributed by atoms with Gasteiger partial charge >= 0.3 is 0 Å². The first-order valence-corrected chi connectivity index (χ1v) is 21.9. The molecule has 4 amide bonds. The van der Waals surface area contributed by atoms with Crippen molar-refractivity contribution in [2.45, 2.75) is 71.6 Å². The third kappa shape index (κ3) is 9.26. The number of fused-ring (bicyclic) bond motifs is 2. The number of carbonyl (C=O) groups excluding carboxylic acids is 4. The molecule has 0 bridgehead atoms. The van der Waals surface area contributed by atoms with Crippen LogP contribution >= 0.6 is 0 Å². The van der Waals surface area contributed by atoms with Crippen molar-refractivity contribution in [1.82, 2.24) is 45.1 Å². The van der Waals surface area contributed by atoms with E-state index in [9.17, 15) is 19.2 Å². The van der Waals surface area contributed by atoms with Crippen LogP contribution in [-0.2, 0) is 9.59 Å². The van der Waals surface area contributed by atoms with E-state index in [4.69, 9.17) is 4.74 Å². The second-order valence-electron chi connectivity index (χ2n) is 17.3. The van der Waals surface area contributed by atoms with E-state index in [2.05, 4.69) is 70.9 Å². The molecule has 2 aromatic carbocycles. The first kappa shape index (κ1) is 42.2. The molecule has 0 saturated carbocycles. The Morgan fingerprint density at radius 3 is 2.44 bits per heavy atom. The minimum atomic E-state index is -0.959. The van der Waals surface area contributed by atoms with E-state index in [0.29, 0.717) is 23.1 Å². The third-order valence-corrected chi connectivity index (χ3v) is 12.8. The number of ether oxygens (including phenoxy) is 1. The number of likely N-dealkylation sites (N-methyl/N-ethyl adjacent to an activating group) is 2. The van der Waals surface area contributed by atoms with E-state index in [0.717, 1.165) is 129 Å². The van der Waals surface area contributed by atoms with Crippen LogP contribution in [0, 0.1) is 5.92 Å². The minimum absolute atomic E-state index is 0.0851. The van der Waals surface area contributed by atoms with Gasteiger partial charge in [-0.2, -0.15) is 5.10 Å². The lowest BCUT2D eigenvalue weighted by molar-refractivity contribution is -0.136. The van der Waals surface area contributed by atoms with Crippen LogP contribution in [0.1, 0.15) is 74.1 Å². The number of piperidine rings is 2. The largest absolute Gasteiger partial charge is 0.491 e. The van der Waals surface area contributed by atoms with Crippen molar-refractivity contribution in [2.24, 2.45) is 5.92 Å². The summed E-state index contributed by atoms with van der Waals surface area (Å²) in [5, 5.41) is 11.0. The van der Waals surface area contributed by atoms with E-state index in [1.165, 1.54) is 0 Å². The number of anilines is 2. The molecule has 2 N–H and O–H groups in total. The quantitative estimate of drug-likeness (QED) is 0.166. The summed E-state index contributed by atoms with van der Waals surface area (Å²) >= 11 is 0. The summed E-state index contributed by atoms with van der Waals surface area (Å²) in [6.07, 6.45) is 4.08. The van der Waals surface area contributed by atoms with Gasteiger partial charge in [0, 0.05) is 95.1 Å². The van der Waals surface area contributed by atoms with Crippen molar-refractivity contribution in [3.63, 3.8) is 0 Å². The molecule has 16 heteroatoms. The number of aromatic nitrogens is 4. The molecule has 0 radical (unpaired) electrons. The van der Waals surface area contributed by atoms with E-state index < -0.39 is 23.8 Å². The van der Waals surface area contributed by atoms with Crippen LogP contribution in [0.5, 0.6) is 5.75 Å². The molecule has 3 saturated heterocycles. The fourth-order valence-electron chi connectivity index (χ4n) is 9.22. The Balaban J connectivity index is 0.768. The average Bonchev–Trinajstić information content (AvgIpc) is 3.78. The minimum Gasteiger partial charge on any atom is -0.491 e. The molecule has 4 aromatic rings. The van der Waals surface area contributed by atoms with Crippen molar-refractivity contribution >= 4 is 46.0 Å². The Bertz CT molecular complexity index is 2250. The zero-order chi connectivity index (χ0) is 42.8. The highest BCUT2D eigenvalue weighted by atomic mass is 16.5. The van der Waals surface area contributed by atoms with E-state index in [1.54, 1.807) is 18.5 Å². The molecule has 61 heavy (non-hydrogen) atoms. The van der Waals surface area contributed by atoms with Gasteiger partial charge in [-0.05, 0) is 95.9 Å². The lowest BCUT2D eigenvalue weighted by atomic mass is 9.95. The summed E-state index contributed by atoms with van der Waals surface area (Å²) in [5.74, 6) is 0.403. The van der Waals surface area contributed by atoms with Gasteiger partial charge in [0.25, 0.3) is 11.8 Å². The highest BCUT2D eigenvalue weighted by molar-refractivity contribution is 6.23. The fraction of sp³-hybridized carbons (Fsp3) is 0.533. The first-order valence-electron chi connectivity index (χ1n) is 21.9. The molecule has 2 atom stereocenters. The number of amides is 4. The summed E-state index contributed by atoms with van der Waals surface area (Å²) in [7, 11) is 2.23. The maximum Gasteiger partial charge on any atom is 0.262 e. The van der Waals surface area contributed by atoms with Gasteiger partial charge in [-0.15, -0.1) is 0 Å². The Labute approximate surface area is 357 Å². The summed E-state index contributed by atoms with van der Waals surface area (Å²) in [6.45, 7) is 19.2. The molecule has 1 unspecified atom stereocenters. The molecule has 2 aromatic heterocycles. The molecule has 3 fully saturated rings. The maximum absolute atomic E-state index is 13.4. The Morgan fingerprint density at radius 1 is 0.885 bits per heavy atom. The molecule has 8 rings (SSSR count). The predicted octanol–water partition coefficient (Wildman–Crippen LogP) is 3.89. The van der Waals surface area contributed by atoms with Crippen LogP contribution in [0.2, 0.25) is 0 Å². The molecular formula is C45H59N11O5. The van der Waals surface area contributed by atoms with E-state index in [-0.39, 0.29) is 24.9 Å². The number of hydrogen-bond acceptors (Lipinski definition) is 13. The molecule has 0 spiro atoms. The number of aromatic amines is 1. The van der Waals surface area contributed by atoms with Crippen LogP contribution in [0.25, 0.3) is 22.3 Å². The SMILES string of the molecule is CCN(CCN(C)CCN1CCN(c2cc(-c3n[nH]c4ccc(OC(C)C)cc34)ncn2)C[C@@H]1C)CC1CCN(c2ccc3c(c2)C(=O)N(C2CCC(=O)NC2=O)C3=O)CC1. The van der Waals surface area contributed by atoms with Gasteiger partial charge in [0.15, 0.2) is 0 Å². The van der Waals surface area contributed by atoms with Crippen LogP contribution in [0.3, 0.4) is 0 Å². The molecule has 16 nitrogen and oxygen atoms in total. The summed E-state index contributed by atoms with van der Waals surface area (Å²) in [6, 6.07) is 12.9. The van der Waals surface area contributed by atoms with Gasteiger partial charge in [0.1, 0.15) is 29.6 Å². The molecule has 4 aliphatic heterocycles. The highest BCUT2D eigenvalue weighted by Gasteiger charge is 2.45. The highest BCUT2D eigenvalue weighted by Crippen LogP contribution is 2.33. The van der Waals surface area contributed by atoms with Crippen LogP contribution < -0.4 is 19.9 Å². The maximum atomic E-state index is 13.4. The molecule has 0 aliphatic carbocycles. The number of piperazine rings is 1. The van der Waals surface area contributed by atoms with Gasteiger partial charge in [-0.3, -0.25) is 39.4 Å². The van der Waals surface area contributed by atoms with Gasteiger partial charge in [-0.1, -0.05) is 6.92 Å². The predicted molar refractivity (Wildman–Crippen MR) is 234 cm³/mol. The summed E-state index contributed by atoms with van der Waals surface area (Å²) in [4.78, 5) is 73.2. The molecule has 6 heterocycles. The number of carbonyl (C=O) groups is 4. The topological polar surface area (TPSA) is 163 Å². The van der Waals surface area contributed by atoms with Crippen LogP contribution in [0.4, 0.5) is 11.5 Å².